The van der Waals surface area contributed by atoms with Crippen LogP contribution in [0.15, 0.2) is 30.3 Å². The van der Waals surface area contributed by atoms with Crippen LogP contribution >= 0.6 is 0 Å². The molecule has 16 heavy (non-hydrogen) atoms. The van der Waals surface area contributed by atoms with Crippen LogP contribution in [0.4, 0.5) is 0 Å². The predicted molar refractivity (Wildman–Crippen MR) is 60.0 cm³/mol. The Labute approximate surface area is 94.8 Å². The van der Waals surface area contributed by atoms with E-state index in [1.165, 1.54) is 5.56 Å². The fraction of sp³-hybridized carbons (Fsp3) is 0.462. The number of benzene rings is 1. The van der Waals surface area contributed by atoms with Crippen molar-refractivity contribution in [3.8, 4) is 0 Å². The summed E-state index contributed by atoms with van der Waals surface area (Å²) in [6, 6.07) is 10.3. The first kappa shape index (κ1) is 9.85. The number of rotatable bonds is 4. The fourth-order valence-corrected chi connectivity index (χ4v) is 2.02. The number of hydrogen-bond acceptors (Lipinski definition) is 2. The summed E-state index contributed by atoms with van der Waals surface area (Å²) in [4.78, 5) is 11.6. The molecule has 1 aromatic carbocycles. The molecule has 0 radical (unpaired) electrons. The second kappa shape index (κ2) is 3.59. The lowest BCUT2D eigenvalue weighted by Crippen LogP contribution is -2.41. The minimum atomic E-state index is -0.173. The third-order valence-corrected chi connectivity index (χ3v) is 3.25. The molecule has 1 saturated heterocycles. The summed E-state index contributed by atoms with van der Waals surface area (Å²) in [5.41, 5.74) is 1.31. The molecule has 1 aromatic rings. The first-order valence-corrected chi connectivity index (χ1v) is 5.75. The Hall–Kier alpha value is -1.35. The van der Waals surface area contributed by atoms with Gasteiger partial charge >= 0.3 is 0 Å². The number of amides is 1. The molecule has 3 heteroatoms. The van der Waals surface area contributed by atoms with E-state index in [2.05, 4.69) is 17.4 Å². The molecule has 0 aromatic heterocycles. The number of carbonyl (C=O) groups is 1. The number of hydrogen-bond donors (Lipinski definition) is 1. The van der Waals surface area contributed by atoms with Gasteiger partial charge in [-0.15, -0.1) is 0 Å². The number of carbonyl (C=O) groups excluding carboxylic acids is 1. The minimum absolute atomic E-state index is 0.0182. The Balaban J connectivity index is 1.63. The average Bonchev–Trinajstić information content (AvgIpc) is 3.12. The molecule has 3 rings (SSSR count). The summed E-state index contributed by atoms with van der Waals surface area (Å²) in [6.45, 7) is 0.591. The highest BCUT2D eigenvalue weighted by Crippen LogP contribution is 2.39. The molecule has 1 heterocycles. The lowest BCUT2D eigenvalue weighted by Gasteiger charge is -2.16. The Morgan fingerprint density at radius 3 is 2.62 bits per heavy atom. The van der Waals surface area contributed by atoms with Crippen molar-refractivity contribution in [2.24, 2.45) is 0 Å². The van der Waals surface area contributed by atoms with Crippen molar-refractivity contribution in [1.29, 1.82) is 0 Å². The van der Waals surface area contributed by atoms with Gasteiger partial charge in [0.05, 0.1) is 6.61 Å². The van der Waals surface area contributed by atoms with Gasteiger partial charge in [-0.1, -0.05) is 30.3 Å². The highest BCUT2D eigenvalue weighted by Gasteiger charge is 2.46. The summed E-state index contributed by atoms with van der Waals surface area (Å²) in [5.74, 6) is 0.0634. The predicted octanol–water partition coefficient (Wildman–Crippen LogP) is 1.28. The minimum Gasteiger partial charge on any atom is -0.363 e. The van der Waals surface area contributed by atoms with E-state index in [0.29, 0.717) is 6.61 Å². The SMILES string of the molecule is O=C(NC1(Cc2ccccc2)CC1)C1CO1. The maximum Gasteiger partial charge on any atom is 0.251 e. The van der Waals surface area contributed by atoms with Gasteiger partial charge in [-0.2, -0.15) is 0 Å². The summed E-state index contributed by atoms with van der Waals surface area (Å²) in [5, 5.41) is 3.11. The van der Waals surface area contributed by atoms with Crippen LogP contribution in [0.25, 0.3) is 0 Å². The monoisotopic (exact) mass is 217 g/mol. The Kier molecular flexibility index (Phi) is 2.21. The molecule has 1 aliphatic heterocycles. The zero-order valence-corrected chi connectivity index (χ0v) is 9.11. The van der Waals surface area contributed by atoms with Crippen LogP contribution in [0.1, 0.15) is 18.4 Å². The second-order valence-electron chi connectivity index (χ2n) is 4.75. The van der Waals surface area contributed by atoms with E-state index in [9.17, 15) is 4.79 Å². The Morgan fingerprint density at radius 1 is 1.38 bits per heavy atom. The molecular weight excluding hydrogens is 202 g/mol. The third kappa shape index (κ3) is 2.09. The van der Waals surface area contributed by atoms with Gasteiger partial charge in [-0.05, 0) is 24.8 Å². The largest absolute Gasteiger partial charge is 0.363 e. The molecular formula is C13H15NO2. The van der Waals surface area contributed by atoms with Crippen molar-refractivity contribution >= 4 is 5.91 Å². The standard InChI is InChI=1S/C13H15NO2/c15-12(11-9-16-11)14-13(6-7-13)8-10-4-2-1-3-5-10/h1-5,11H,6-9H2,(H,14,15). The number of nitrogens with one attached hydrogen (secondary N) is 1. The van der Waals surface area contributed by atoms with E-state index in [0.717, 1.165) is 19.3 Å². The molecule has 2 aliphatic rings. The lowest BCUT2D eigenvalue weighted by atomic mass is 10.0. The second-order valence-corrected chi connectivity index (χ2v) is 4.75. The first-order chi connectivity index (χ1) is 7.77. The highest BCUT2D eigenvalue weighted by atomic mass is 16.6. The van der Waals surface area contributed by atoms with Crippen molar-refractivity contribution in [2.45, 2.75) is 30.9 Å². The molecule has 1 saturated carbocycles. The van der Waals surface area contributed by atoms with E-state index in [-0.39, 0.29) is 17.6 Å². The molecule has 1 unspecified atom stereocenters. The van der Waals surface area contributed by atoms with Crippen LogP contribution in [-0.4, -0.2) is 24.2 Å². The maximum atomic E-state index is 11.6. The van der Waals surface area contributed by atoms with E-state index >= 15 is 0 Å². The molecule has 84 valence electrons. The summed E-state index contributed by atoms with van der Waals surface area (Å²) < 4.78 is 4.98. The van der Waals surface area contributed by atoms with Crippen LogP contribution in [0.5, 0.6) is 0 Å². The fourth-order valence-electron chi connectivity index (χ4n) is 2.02. The van der Waals surface area contributed by atoms with Crippen LogP contribution in [0.3, 0.4) is 0 Å². The van der Waals surface area contributed by atoms with Crippen LogP contribution in [0.2, 0.25) is 0 Å². The van der Waals surface area contributed by atoms with Crippen molar-refractivity contribution in [3.63, 3.8) is 0 Å². The highest BCUT2D eigenvalue weighted by molar-refractivity contribution is 5.84. The third-order valence-electron chi connectivity index (χ3n) is 3.25. The molecule has 1 N–H and O–H groups in total. The van der Waals surface area contributed by atoms with Gasteiger partial charge in [0.2, 0.25) is 0 Å². The van der Waals surface area contributed by atoms with Gasteiger partial charge in [-0.25, -0.2) is 0 Å². The Morgan fingerprint density at radius 2 is 2.06 bits per heavy atom. The van der Waals surface area contributed by atoms with Gasteiger partial charge in [0.15, 0.2) is 6.10 Å². The molecule has 1 aliphatic carbocycles. The van der Waals surface area contributed by atoms with Crippen LogP contribution < -0.4 is 5.32 Å². The summed E-state index contributed by atoms with van der Waals surface area (Å²) in [7, 11) is 0. The molecule has 0 spiro atoms. The van der Waals surface area contributed by atoms with Crippen LogP contribution in [-0.2, 0) is 16.0 Å². The normalized spacial score (nSPS) is 24.9. The molecule has 2 fully saturated rings. The average molecular weight is 217 g/mol. The van der Waals surface area contributed by atoms with Gasteiger partial charge < -0.3 is 10.1 Å². The number of epoxide rings is 1. The van der Waals surface area contributed by atoms with Crippen molar-refractivity contribution in [3.05, 3.63) is 35.9 Å². The number of ether oxygens (including phenoxy) is 1. The van der Waals surface area contributed by atoms with Crippen molar-refractivity contribution < 1.29 is 9.53 Å². The van der Waals surface area contributed by atoms with Gasteiger partial charge in [0.1, 0.15) is 0 Å². The van der Waals surface area contributed by atoms with E-state index < -0.39 is 0 Å². The van der Waals surface area contributed by atoms with E-state index in [1.807, 2.05) is 18.2 Å². The Bertz CT molecular complexity index is 394. The maximum absolute atomic E-state index is 11.6. The van der Waals surface area contributed by atoms with E-state index in [1.54, 1.807) is 0 Å². The quantitative estimate of drug-likeness (QED) is 0.772. The topological polar surface area (TPSA) is 41.6 Å². The van der Waals surface area contributed by atoms with E-state index in [4.69, 9.17) is 4.74 Å². The smallest absolute Gasteiger partial charge is 0.251 e. The van der Waals surface area contributed by atoms with Gasteiger partial charge in [-0.3, -0.25) is 4.79 Å². The zero-order valence-electron chi connectivity index (χ0n) is 9.11. The van der Waals surface area contributed by atoms with Crippen molar-refractivity contribution in [2.75, 3.05) is 6.61 Å². The lowest BCUT2D eigenvalue weighted by molar-refractivity contribution is -0.123. The van der Waals surface area contributed by atoms with Gasteiger partial charge in [0, 0.05) is 5.54 Å². The van der Waals surface area contributed by atoms with Gasteiger partial charge in [0.25, 0.3) is 5.91 Å². The summed E-state index contributed by atoms with van der Waals surface area (Å²) >= 11 is 0. The molecule has 1 amide bonds. The first-order valence-electron chi connectivity index (χ1n) is 5.75. The summed E-state index contributed by atoms with van der Waals surface area (Å²) in [6.07, 6.45) is 2.93. The molecule has 3 nitrogen and oxygen atoms in total. The molecule has 1 atom stereocenters. The van der Waals surface area contributed by atoms with Crippen LogP contribution in [0, 0.1) is 0 Å². The zero-order chi connectivity index (χ0) is 11.0. The molecule has 0 bridgehead atoms. The van der Waals surface area contributed by atoms with Crippen molar-refractivity contribution in [1.82, 2.24) is 5.32 Å².